The summed E-state index contributed by atoms with van der Waals surface area (Å²) in [4.78, 5) is 10.9. The molecule has 0 saturated carbocycles. The Morgan fingerprint density at radius 2 is 1.57 bits per heavy atom. The van der Waals surface area contributed by atoms with Crippen LogP contribution in [0.5, 0.6) is 0 Å². The number of hydrogen-bond donors (Lipinski definition) is 2. The van der Waals surface area contributed by atoms with Crippen molar-refractivity contribution in [1.82, 2.24) is 0 Å². The second kappa shape index (κ2) is 6.77. The molecular weight excluding hydrogens is 328 g/mol. The van der Waals surface area contributed by atoms with Gasteiger partial charge in [-0.15, -0.1) is 0 Å². The van der Waals surface area contributed by atoms with E-state index in [9.17, 15) is 31.1 Å². The minimum Gasteiger partial charge on any atom is -0.481 e. The largest absolute Gasteiger partial charge is 0.481 e. The number of nitrogens with two attached hydrogens (primary N) is 1. The average molecular weight is 343 g/mol. The summed E-state index contributed by atoms with van der Waals surface area (Å²) < 4.78 is 78.3. The molecule has 0 heterocycles. The quantitative estimate of drug-likeness (QED) is 0.798. The lowest BCUT2D eigenvalue weighted by molar-refractivity contribution is -0.144. The van der Waals surface area contributed by atoms with Crippen molar-refractivity contribution in [3.8, 4) is 0 Å². The molecule has 1 aromatic rings. The van der Waals surface area contributed by atoms with Crippen molar-refractivity contribution in [1.29, 1.82) is 0 Å². The molecule has 0 aliphatic rings. The van der Waals surface area contributed by atoms with Gasteiger partial charge >= 0.3 is 18.3 Å². The highest BCUT2D eigenvalue weighted by atomic mass is 19.4. The summed E-state index contributed by atoms with van der Waals surface area (Å²) in [5.74, 6) is -3.88. The summed E-state index contributed by atoms with van der Waals surface area (Å²) in [6.45, 7) is 0.751. The van der Waals surface area contributed by atoms with Crippen LogP contribution >= 0.6 is 0 Å². The van der Waals surface area contributed by atoms with Crippen molar-refractivity contribution in [2.75, 3.05) is 6.54 Å². The Morgan fingerprint density at radius 3 is 1.87 bits per heavy atom. The molecule has 3 nitrogen and oxygen atoms in total. The molecule has 0 aliphatic heterocycles. The van der Waals surface area contributed by atoms with Crippen molar-refractivity contribution in [2.24, 2.45) is 11.7 Å². The molecular formula is C14H15F6NO2. The third kappa shape index (κ3) is 4.60. The Labute approximate surface area is 128 Å². The zero-order valence-corrected chi connectivity index (χ0v) is 12.0. The second-order valence-electron chi connectivity index (χ2n) is 5.17. The molecule has 0 saturated heterocycles. The Balaban J connectivity index is 3.44. The zero-order chi connectivity index (χ0) is 18.0. The maximum Gasteiger partial charge on any atom is 0.416 e. The minimum absolute atomic E-state index is 0.380. The van der Waals surface area contributed by atoms with Gasteiger partial charge in [0, 0.05) is 6.54 Å². The van der Waals surface area contributed by atoms with Gasteiger partial charge in [-0.3, -0.25) is 4.79 Å². The van der Waals surface area contributed by atoms with Gasteiger partial charge < -0.3 is 10.8 Å². The molecule has 0 aliphatic carbocycles. The fourth-order valence-electron chi connectivity index (χ4n) is 2.43. The lowest BCUT2D eigenvalue weighted by Gasteiger charge is -2.24. The number of aliphatic carboxylic acids is 1. The van der Waals surface area contributed by atoms with Crippen LogP contribution in [0.15, 0.2) is 18.2 Å². The van der Waals surface area contributed by atoms with E-state index in [1.165, 1.54) is 0 Å². The van der Waals surface area contributed by atoms with Crippen molar-refractivity contribution < 1.29 is 36.2 Å². The van der Waals surface area contributed by atoms with Crippen LogP contribution < -0.4 is 5.73 Å². The SMILES string of the molecule is CC(CC(CN)C(=O)O)c1c(C(F)(F)F)cccc1C(F)(F)F. The van der Waals surface area contributed by atoms with Crippen LogP contribution in [0.3, 0.4) is 0 Å². The Bertz CT molecular complexity index is 535. The maximum absolute atomic E-state index is 13.0. The van der Waals surface area contributed by atoms with Gasteiger partial charge in [-0.25, -0.2) is 0 Å². The molecule has 0 spiro atoms. The molecule has 0 fully saturated rings. The van der Waals surface area contributed by atoms with Crippen LogP contribution in [-0.2, 0) is 17.1 Å². The molecule has 3 N–H and O–H groups in total. The van der Waals surface area contributed by atoms with Gasteiger partial charge in [-0.1, -0.05) is 13.0 Å². The number of carboxylic acid groups (broad SMARTS) is 1. The Morgan fingerprint density at radius 1 is 1.13 bits per heavy atom. The van der Waals surface area contributed by atoms with E-state index in [1.54, 1.807) is 0 Å². The highest BCUT2D eigenvalue weighted by Crippen LogP contribution is 2.43. The normalized spacial score (nSPS) is 15.3. The molecule has 0 aromatic heterocycles. The van der Waals surface area contributed by atoms with E-state index < -0.39 is 53.3 Å². The van der Waals surface area contributed by atoms with E-state index in [0.29, 0.717) is 18.2 Å². The lowest BCUT2D eigenvalue weighted by atomic mass is 9.84. The topological polar surface area (TPSA) is 63.3 Å². The number of alkyl halides is 6. The van der Waals surface area contributed by atoms with E-state index in [-0.39, 0.29) is 6.54 Å². The summed E-state index contributed by atoms with van der Waals surface area (Å²) in [7, 11) is 0. The molecule has 23 heavy (non-hydrogen) atoms. The standard InChI is InChI=1S/C14H15F6NO2/c1-7(5-8(6-21)12(22)23)11-9(13(15,16)17)3-2-4-10(11)14(18,19)20/h2-4,7-8H,5-6,21H2,1H3,(H,22,23). The van der Waals surface area contributed by atoms with Crippen molar-refractivity contribution >= 4 is 5.97 Å². The monoisotopic (exact) mass is 343 g/mol. The predicted molar refractivity (Wildman–Crippen MR) is 69.7 cm³/mol. The summed E-state index contributed by atoms with van der Waals surface area (Å²) >= 11 is 0. The number of halogens is 6. The smallest absolute Gasteiger partial charge is 0.416 e. The van der Waals surface area contributed by atoms with Crippen molar-refractivity contribution in [2.45, 2.75) is 31.6 Å². The Kier molecular flexibility index (Phi) is 5.68. The van der Waals surface area contributed by atoms with Crippen LogP contribution in [0.1, 0.15) is 36.0 Å². The number of benzene rings is 1. The molecule has 1 aromatic carbocycles. The van der Waals surface area contributed by atoms with Gasteiger partial charge in [0.1, 0.15) is 0 Å². The van der Waals surface area contributed by atoms with E-state index in [2.05, 4.69) is 0 Å². The van der Waals surface area contributed by atoms with Crippen LogP contribution in [0.2, 0.25) is 0 Å². The fourth-order valence-corrected chi connectivity index (χ4v) is 2.43. The predicted octanol–water partition coefficient (Wildman–Crippen LogP) is 3.88. The van der Waals surface area contributed by atoms with Crippen LogP contribution in [0, 0.1) is 5.92 Å². The number of carboxylic acids is 1. The lowest BCUT2D eigenvalue weighted by Crippen LogP contribution is -2.26. The van der Waals surface area contributed by atoms with Crippen LogP contribution in [0.4, 0.5) is 26.3 Å². The van der Waals surface area contributed by atoms with E-state index in [1.807, 2.05) is 0 Å². The third-order valence-corrected chi connectivity index (χ3v) is 3.48. The highest BCUT2D eigenvalue weighted by molar-refractivity contribution is 5.70. The van der Waals surface area contributed by atoms with Gasteiger partial charge in [0.2, 0.25) is 0 Å². The molecule has 0 amide bonds. The van der Waals surface area contributed by atoms with E-state index in [0.717, 1.165) is 6.92 Å². The van der Waals surface area contributed by atoms with E-state index >= 15 is 0 Å². The molecule has 0 radical (unpaired) electrons. The average Bonchev–Trinajstić information content (AvgIpc) is 2.41. The van der Waals surface area contributed by atoms with Gasteiger partial charge in [0.15, 0.2) is 0 Å². The number of rotatable bonds is 5. The minimum atomic E-state index is -4.98. The van der Waals surface area contributed by atoms with Gasteiger partial charge in [-0.2, -0.15) is 26.3 Å². The summed E-state index contributed by atoms with van der Waals surface area (Å²) in [5.41, 5.74) is 1.44. The first-order valence-electron chi connectivity index (χ1n) is 6.59. The third-order valence-electron chi connectivity index (χ3n) is 3.48. The van der Waals surface area contributed by atoms with Crippen molar-refractivity contribution in [3.63, 3.8) is 0 Å². The van der Waals surface area contributed by atoms with Gasteiger partial charge in [0.05, 0.1) is 17.0 Å². The first-order valence-corrected chi connectivity index (χ1v) is 6.59. The van der Waals surface area contributed by atoms with Gasteiger partial charge in [-0.05, 0) is 30.0 Å². The molecule has 9 heteroatoms. The zero-order valence-electron chi connectivity index (χ0n) is 12.0. The molecule has 2 atom stereocenters. The molecule has 0 bridgehead atoms. The second-order valence-corrected chi connectivity index (χ2v) is 5.17. The molecule has 130 valence electrons. The summed E-state index contributed by atoms with van der Waals surface area (Å²) in [6.07, 6.45) is -10.4. The molecule has 1 rings (SSSR count). The van der Waals surface area contributed by atoms with Crippen LogP contribution in [-0.4, -0.2) is 17.6 Å². The number of hydrogen-bond acceptors (Lipinski definition) is 2. The first kappa shape index (κ1) is 19.3. The summed E-state index contributed by atoms with van der Waals surface area (Å²) in [6, 6.07) is 1.79. The maximum atomic E-state index is 13.0. The van der Waals surface area contributed by atoms with Crippen molar-refractivity contribution in [3.05, 3.63) is 34.9 Å². The highest BCUT2D eigenvalue weighted by Gasteiger charge is 2.42. The van der Waals surface area contributed by atoms with Crippen LogP contribution in [0.25, 0.3) is 0 Å². The fraction of sp³-hybridized carbons (Fsp3) is 0.500. The first-order chi connectivity index (χ1) is 10.4. The van der Waals surface area contributed by atoms with E-state index in [4.69, 9.17) is 10.8 Å². The van der Waals surface area contributed by atoms with Gasteiger partial charge in [0.25, 0.3) is 0 Å². The summed E-state index contributed by atoms with van der Waals surface area (Å²) in [5, 5.41) is 8.90. The Hall–Kier alpha value is -1.77. The number of carbonyl (C=O) groups is 1. The molecule has 2 unspecified atom stereocenters.